The molecule has 1 N–H and O–H groups in total. The summed E-state index contributed by atoms with van der Waals surface area (Å²) in [6.45, 7) is 3.88. The Hall–Kier alpha value is -0.700. The van der Waals surface area contributed by atoms with Gasteiger partial charge in [-0.1, -0.05) is 30.1 Å². The highest BCUT2D eigenvalue weighted by atomic mass is 35.5. The second-order valence-corrected chi connectivity index (χ2v) is 5.56. The van der Waals surface area contributed by atoms with Gasteiger partial charge in [0.05, 0.1) is 18.9 Å². The fourth-order valence-electron chi connectivity index (χ4n) is 2.26. The molecule has 104 valence electrons. The van der Waals surface area contributed by atoms with Gasteiger partial charge in [-0.05, 0) is 55.1 Å². The van der Waals surface area contributed by atoms with E-state index in [0.717, 1.165) is 43.0 Å². The van der Waals surface area contributed by atoms with Crippen molar-refractivity contribution >= 4 is 23.2 Å². The van der Waals surface area contributed by atoms with E-state index in [1.54, 1.807) is 0 Å². The summed E-state index contributed by atoms with van der Waals surface area (Å²) in [6, 6.07) is 5.69. The number of hydrogen-bond donors (Lipinski definition) is 1. The third-order valence-electron chi connectivity index (χ3n) is 3.20. The highest BCUT2D eigenvalue weighted by Crippen LogP contribution is 2.33. The Labute approximate surface area is 124 Å². The minimum absolute atomic E-state index is 0.0893. The van der Waals surface area contributed by atoms with Crippen molar-refractivity contribution in [1.29, 1.82) is 0 Å². The van der Waals surface area contributed by atoms with Crippen LogP contribution in [0.25, 0.3) is 0 Å². The summed E-state index contributed by atoms with van der Waals surface area (Å²) >= 11 is 12.4. The summed E-state index contributed by atoms with van der Waals surface area (Å²) in [4.78, 5) is 0. The Bertz CT molecular complexity index is 459. The Kier molecular flexibility index (Phi) is 5.56. The smallest absolute Gasteiger partial charge is 0.0876 e. The van der Waals surface area contributed by atoms with Crippen molar-refractivity contribution < 1.29 is 4.74 Å². The summed E-state index contributed by atoms with van der Waals surface area (Å²) < 4.78 is 5.46. The molecule has 0 bridgehead atoms. The first kappa shape index (κ1) is 14.7. The van der Waals surface area contributed by atoms with Crippen molar-refractivity contribution in [3.05, 3.63) is 45.6 Å². The van der Waals surface area contributed by atoms with Crippen molar-refractivity contribution in [3.8, 4) is 0 Å². The highest BCUT2D eigenvalue weighted by molar-refractivity contribution is 6.33. The van der Waals surface area contributed by atoms with E-state index in [1.165, 1.54) is 5.57 Å². The fraction of sp³-hybridized carbons (Fsp3) is 0.467. The van der Waals surface area contributed by atoms with Gasteiger partial charge in [0.15, 0.2) is 0 Å². The molecule has 1 heterocycles. The Morgan fingerprint density at radius 3 is 2.89 bits per heavy atom. The van der Waals surface area contributed by atoms with Gasteiger partial charge in [0.2, 0.25) is 0 Å². The zero-order valence-corrected chi connectivity index (χ0v) is 12.6. The van der Waals surface area contributed by atoms with E-state index in [2.05, 4.69) is 12.2 Å². The fourth-order valence-corrected chi connectivity index (χ4v) is 2.67. The molecule has 1 atom stereocenters. The van der Waals surface area contributed by atoms with E-state index in [1.807, 2.05) is 24.5 Å². The third kappa shape index (κ3) is 3.88. The predicted molar refractivity (Wildman–Crippen MR) is 80.8 cm³/mol. The second-order valence-electron chi connectivity index (χ2n) is 4.72. The Morgan fingerprint density at radius 2 is 2.21 bits per heavy atom. The molecule has 1 aliphatic heterocycles. The van der Waals surface area contributed by atoms with Crippen molar-refractivity contribution in [3.63, 3.8) is 0 Å². The summed E-state index contributed by atoms with van der Waals surface area (Å²) in [7, 11) is 0. The second kappa shape index (κ2) is 7.18. The van der Waals surface area contributed by atoms with E-state index < -0.39 is 0 Å². The molecule has 1 aromatic carbocycles. The van der Waals surface area contributed by atoms with Gasteiger partial charge >= 0.3 is 0 Å². The van der Waals surface area contributed by atoms with Gasteiger partial charge in [-0.25, -0.2) is 0 Å². The molecule has 0 radical (unpaired) electrons. The minimum atomic E-state index is 0.0893. The van der Waals surface area contributed by atoms with Gasteiger partial charge in [0.25, 0.3) is 0 Å². The van der Waals surface area contributed by atoms with Gasteiger partial charge in [0.1, 0.15) is 0 Å². The first-order chi connectivity index (χ1) is 9.22. The molecule has 0 saturated heterocycles. The van der Waals surface area contributed by atoms with E-state index >= 15 is 0 Å². The largest absolute Gasteiger partial charge is 0.501 e. The van der Waals surface area contributed by atoms with Gasteiger partial charge < -0.3 is 10.1 Å². The molecule has 0 aromatic heterocycles. The van der Waals surface area contributed by atoms with Crippen LogP contribution in [0, 0.1) is 0 Å². The summed E-state index contributed by atoms with van der Waals surface area (Å²) in [5.74, 6) is 0. The van der Waals surface area contributed by atoms with Crippen LogP contribution in [-0.2, 0) is 4.74 Å². The average molecular weight is 300 g/mol. The standard InChI is InChI=1S/C15H19Cl2NO/c1-2-7-18-15(11-4-3-8-19-10-11)13-9-12(16)5-6-14(13)17/h5-6,9-10,15,18H,2-4,7-8H2,1H3. The van der Waals surface area contributed by atoms with Crippen molar-refractivity contribution in [2.75, 3.05) is 13.2 Å². The molecule has 1 aromatic rings. The van der Waals surface area contributed by atoms with Crippen LogP contribution >= 0.6 is 23.2 Å². The van der Waals surface area contributed by atoms with Gasteiger partial charge in [-0.2, -0.15) is 0 Å². The lowest BCUT2D eigenvalue weighted by Crippen LogP contribution is -2.25. The van der Waals surface area contributed by atoms with Crippen LogP contribution in [0.4, 0.5) is 0 Å². The third-order valence-corrected chi connectivity index (χ3v) is 3.78. The Balaban J connectivity index is 2.30. The molecule has 1 unspecified atom stereocenters. The predicted octanol–water partition coefficient (Wildman–Crippen LogP) is 4.73. The summed E-state index contributed by atoms with van der Waals surface area (Å²) in [5, 5.41) is 4.98. The molecule has 1 aliphatic rings. The SMILES string of the molecule is CCCNC(C1=COCCC1)c1cc(Cl)ccc1Cl. The van der Waals surface area contributed by atoms with Gasteiger partial charge in [0, 0.05) is 10.0 Å². The summed E-state index contributed by atoms with van der Waals surface area (Å²) in [6.07, 6.45) is 5.02. The van der Waals surface area contributed by atoms with Crippen LogP contribution in [-0.4, -0.2) is 13.2 Å². The summed E-state index contributed by atoms with van der Waals surface area (Å²) in [5.41, 5.74) is 2.27. The molecule has 0 fully saturated rings. The van der Waals surface area contributed by atoms with E-state index in [9.17, 15) is 0 Å². The lowest BCUT2D eigenvalue weighted by molar-refractivity contribution is 0.219. The first-order valence-electron chi connectivity index (χ1n) is 6.71. The topological polar surface area (TPSA) is 21.3 Å². The minimum Gasteiger partial charge on any atom is -0.501 e. The van der Waals surface area contributed by atoms with Crippen LogP contribution in [0.1, 0.15) is 37.8 Å². The van der Waals surface area contributed by atoms with E-state index in [4.69, 9.17) is 27.9 Å². The molecule has 2 rings (SSSR count). The van der Waals surface area contributed by atoms with Crippen LogP contribution in [0.15, 0.2) is 30.0 Å². The van der Waals surface area contributed by atoms with Crippen LogP contribution in [0.5, 0.6) is 0 Å². The monoisotopic (exact) mass is 299 g/mol. The highest BCUT2D eigenvalue weighted by Gasteiger charge is 2.21. The molecule has 0 aliphatic carbocycles. The molecule has 4 heteroatoms. The molecule has 2 nitrogen and oxygen atoms in total. The normalized spacial score (nSPS) is 16.7. The van der Waals surface area contributed by atoms with Crippen LogP contribution in [0.3, 0.4) is 0 Å². The van der Waals surface area contributed by atoms with Crippen molar-refractivity contribution in [2.45, 2.75) is 32.2 Å². The van der Waals surface area contributed by atoms with E-state index in [0.29, 0.717) is 5.02 Å². The number of rotatable bonds is 5. The number of hydrogen-bond acceptors (Lipinski definition) is 2. The number of benzene rings is 1. The van der Waals surface area contributed by atoms with Crippen LogP contribution in [0.2, 0.25) is 10.0 Å². The lowest BCUT2D eigenvalue weighted by atomic mass is 9.95. The quantitative estimate of drug-likeness (QED) is 0.849. The number of ether oxygens (including phenoxy) is 1. The maximum absolute atomic E-state index is 6.32. The number of nitrogens with one attached hydrogen (secondary N) is 1. The van der Waals surface area contributed by atoms with Gasteiger partial charge in [-0.15, -0.1) is 0 Å². The first-order valence-corrected chi connectivity index (χ1v) is 7.47. The average Bonchev–Trinajstić information content (AvgIpc) is 2.44. The zero-order valence-electron chi connectivity index (χ0n) is 11.1. The molecular weight excluding hydrogens is 281 g/mol. The zero-order chi connectivity index (χ0) is 13.7. The van der Waals surface area contributed by atoms with Crippen molar-refractivity contribution in [1.82, 2.24) is 5.32 Å². The van der Waals surface area contributed by atoms with E-state index in [-0.39, 0.29) is 6.04 Å². The van der Waals surface area contributed by atoms with Crippen molar-refractivity contribution in [2.24, 2.45) is 0 Å². The van der Waals surface area contributed by atoms with Crippen LogP contribution < -0.4 is 5.32 Å². The van der Waals surface area contributed by atoms with Gasteiger partial charge in [-0.3, -0.25) is 0 Å². The molecule has 19 heavy (non-hydrogen) atoms. The molecular formula is C15H19Cl2NO. The lowest BCUT2D eigenvalue weighted by Gasteiger charge is -2.25. The maximum Gasteiger partial charge on any atom is 0.0876 e. The molecule has 0 saturated carbocycles. The molecule has 0 amide bonds. The number of halogens is 2. The Morgan fingerprint density at radius 1 is 1.37 bits per heavy atom. The maximum atomic E-state index is 6.32. The molecule has 0 spiro atoms.